The molecule has 1 aromatic rings. The number of carbonyl (C=O) groups excluding carboxylic acids is 1. The molecule has 0 spiro atoms. The minimum Gasteiger partial charge on any atom is -0.390 e. The van der Waals surface area contributed by atoms with Gasteiger partial charge in [0.2, 0.25) is 5.91 Å². The number of hydrogen-bond acceptors (Lipinski definition) is 4. The Morgan fingerprint density at radius 1 is 1.36 bits per heavy atom. The van der Waals surface area contributed by atoms with E-state index in [4.69, 9.17) is 5.11 Å². The number of likely N-dealkylation sites (tertiary alicyclic amines) is 1. The van der Waals surface area contributed by atoms with Crippen LogP contribution in [0.15, 0.2) is 6.20 Å². The quantitative estimate of drug-likeness (QED) is 0.914. The molecule has 0 aromatic carbocycles. The highest BCUT2D eigenvalue weighted by Crippen LogP contribution is 2.69. The molecule has 0 unspecified atom stereocenters. The monoisotopic (exact) mass is 306 g/mol. The number of nitrogens with zero attached hydrogens (tertiary/aromatic N) is 4. The van der Waals surface area contributed by atoms with E-state index in [1.807, 2.05) is 4.90 Å². The molecule has 0 bridgehead atoms. The highest BCUT2D eigenvalue weighted by Gasteiger charge is 2.69. The Labute approximate surface area is 131 Å². The SMILES string of the molecule is CC1(C)C(C(=O)N2CCC[C@H]2Cn2cc(CO)nn2)C1(C)C. The first kappa shape index (κ1) is 15.5. The van der Waals surface area contributed by atoms with E-state index >= 15 is 0 Å². The Hall–Kier alpha value is -1.43. The van der Waals surface area contributed by atoms with Crippen molar-refractivity contribution in [3.63, 3.8) is 0 Å². The largest absolute Gasteiger partial charge is 0.390 e. The van der Waals surface area contributed by atoms with Gasteiger partial charge in [0.25, 0.3) is 0 Å². The number of rotatable bonds is 4. The number of aromatic nitrogens is 3. The lowest BCUT2D eigenvalue weighted by Gasteiger charge is -2.25. The summed E-state index contributed by atoms with van der Waals surface area (Å²) in [6.45, 7) is 10.1. The van der Waals surface area contributed by atoms with Crippen molar-refractivity contribution in [2.45, 2.75) is 59.7 Å². The summed E-state index contributed by atoms with van der Waals surface area (Å²) in [5, 5.41) is 17.0. The lowest BCUT2D eigenvalue weighted by molar-refractivity contribution is -0.134. The van der Waals surface area contributed by atoms with Crippen LogP contribution in [0.5, 0.6) is 0 Å². The molecule has 0 radical (unpaired) electrons. The maximum Gasteiger partial charge on any atom is 0.227 e. The van der Waals surface area contributed by atoms with Crippen LogP contribution in [0.2, 0.25) is 0 Å². The van der Waals surface area contributed by atoms with Crippen LogP contribution in [-0.4, -0.2) is 43.5 Å². The van der Waals surface area contributed by atoms with Crippen LogP contribution in [-0.2, 0) is 17.9 Å². The van der Waals surface area contributed by atoms with Gasteiger partial charge in [-0.25, -0.2) is 0 Å². The molecular formula is C16H26N4O2. The van der Waals surface area contributed by atoms with Gasteiger partial charge in [-0.2, -0.15) is 0 Å². The summed E-state index contributed by atoms with van der Waals surface area (Å²) in [4.78, 5) is 15.0. The number of carbonyl (C=O) groups is 1. The van der Waals surface area contributed by atoms with Gasteiger partial charge in [-0.3, -0.25) is 9.48 Å². The zero-order chi connectivity index (χ0) is 16.1. The summed E-state index contributed by atoms with van der Waals surface area (Å²) in [7, 11) is 0. The average molecular weight is 306 g/mol. The minimum atomic E-state index is -0.0994. The Kier molecular flexibility index (Phi) is 3.55. The Bertz CT molecular complexity index is 564. The lowest BCUT2D eigenvalue weighted by atomic mass is 10.0. The number of amides is 1. The van der Waals surface area contributed by atoms with Crippen LogP contribution < -0.4 is 0 Å². The van der Waals surface area contributed by atoms with Gasteiger partial charge in [0.15, 0.2) is 0 Å². The summed E-state index contributed by atoms with van der Waals surface area (Å²) in [5.74, 6) is 0.407. The molecule has 3 rings (SSSR count). The van der Waals surface area contributed by atoms with Crippen LogP contribution in [0.25, 0.3) is 0 Å². The standard InChI is InChI=1S/C16H26N4O2/c1-15(2)13(16(15,3)4)14(22)20-7-5-6-12(20)9-19-8-11(10-21)17-18-19/h8,12-13,21H,5-7,9-10H2,1-4H3/t12-/m0/s1. The Morgan fingerprint density at radius 3 is 2.59 bits per heavy atom. The summed E-state index contributed by atoms with van der Waals surface area (Å²) in [5.41, 5.74) is 0.726. The van der Waals surface area contributed by atoms with Crippen LogP contribution in [0.3, 0.4) is 0 Å². The van der Waals surface area contributed by atoms with E-state index in [2.05, 4.69) is 38.0 Å². The first-order chi connectivity index (χ1) is 10.3. The predicted octanol–water partition coefficient (Wildman–Crippen LogP) is 1.44. The highest BCUT2D eigenvalue weighted by atomic mass is 16.3. The van der Waals surface area contributed by atoms with Crippen molar-refractivity contribution >= 4 is 5.91 Å². The van der Waals surface area contributed by atoms with Gasteiger partial charge in [0, 0.05) is 12.5 Å². The zero-order valence-electron chi connectivity index (χ0n) is 13.9. The van der Waals surface area contributed by atoms with Gasteiger partial charge in [-0.15, -0.1) is 5.10 Å². The van der Waals surface area contributed by atoms with E-state index in [0.717, 1.165) is 19.4 Å². The van der Waals surface area contributed by atoms with Crippen LogP contribution in [0.1, 0.15) is 46.2 Å². The molecule has 2 heterocycles. The van der Waals surface area contributed by atoms with Gasteiger partial charge in [-0.05, 0) is 23.7 Å². The molecule has 1 N–H and O–H groups in total. The molecular weight excluding hydrogens is 280 g/mol. The van der Waals surface area contributed by atoms with Crippen molar-refractivity contribution in [1.29, 1.82) is 0 Å². The Morgan fingerprint density at radius 2 is 2.05 bits per heavy atom. The van der Waals surface area contributed by atoms with Crippen molar-refractivity contribution in [2.24, 2.45) is 16.7 Å². The van der Waals surface area contributed by atoms with Crippen molar-refractivity contribution in [2.75, 3.05) is 6.54 Å². The maximum absolute atomic E-state index is 12.9. The van der Waals surface area contributed by atoms with Gasteiger partial charge < -0.3 is 10.0 Å². The normalized spacial score (nSPS) is 26.4. The smallest absolute Gasteiger partial charge is 0.227 e. The van der Waals surface area contributed by atoms with E-state index < -0.39 is 0 Å². The van der Waals surface area contributed by atoms with Crippen LogP contribution in [0.4, 0.5) is 0 Å². The molecule has 1 atom stereocenters. The van der Waals surface area contributed by atoms with Crippen LogP contribution >= 0.6 is 0 Å². The molecule has 122 valence electrons. The maximum atomic E-state index is 12.9. The van der Waals surface area contributed by atoms with Crippen LogP contribution in [0, 0.1) is 16.7 Å². The van der Waals surface area contributed by atoms with E-state index in [1.165, 1.54) is 0 Å². The third kappa shape index (κ3) is 2.24. The molecule has 1 aliphatic carbocycles. The molecule has 1 saturated carbocycles. The summed E-state index contributed by atoms with van der Waals surface area (Å²) < 4.78 is 1.74. The fourth-order valence-electron chi connectivity index (χ4n) is 4.01. The average Bonchev–Trinajstić information content (AvgIpc) is 2.94. The van der Waals surface area contributed by atoms with E-state index in [0.29, 0.717) is 18.1 Å². The van der Waals surface area contributed by atoms with Gasteiger partial charge in [0.05, 0.1) is 25.4 Å². The topological polar surface area (TPSA) is 71.2 Å². The molecule has 1 amide bonds. The molecule has 2 aliphatic rings. The highest BCUT2D eigenvalue weighted by molar-refractivity contribution is 5.84. The van der Waals surface area contributed by atoms with E-state index in [9.17, 15) is 4.79 Å². The van der Waals surface area contributed by atoms with E-state index in [-0.39, 0.29) is 29.4 Å². The second kappa shape index (κ2) is 5.05. The summed E-state index contributed by atoms with van der Waals surface area (Å²) in [6.07, 6.45) is 3.81. The third-order valence-electron chi connectivity index (χ3n) is 6.07. The van der Waals surface area contributed by atoms with E-state index in [1.54, 1.807) is 10.9 Å². The van der Waals surface area contributed by atoms with Crippen molar-refractivity contribution < 1.29 is 9.90 Å². The molecule has 2 fully saturated rings. The predicted molar refractivity (Wildman–Crippen MR) is 81.7 cm³/mol. The van der Waals surface area contributed by atoms with Crippen molar-refractivity contribution in [3.05, 3.63) is 11.9 Å². The lowest BCUT2D eigenvalue weighted by Crippen LogP contribution is -2.40. The Balaban J connectivity index is 1.70. The van der Waals surface area contributed by atoms with Gasteiger partial charge in [-0.1, -0.05) is 32.9 Å². The van der Waals surface area contributed by atoms with Gasteiger partial charge in [0.1, 0.15) is 5.69 Å². The minimum absolute atomic E-state index is 0.0779. The molecule has 6 heteroatoms. The van der Waals surface area contributed by atoms with Crippen molar-refractivity contribution in [3.8, 4) is 0 Å². The molecule has 1 aromatic heterocycles. The number of aliphatic hydroxyl groups excluding tert-OH is 1. The number of hydrogen-bond donors (Lipinski definition) is 1. The second-order valence-electron chi connectivity index (χ2n) is 7.79. The molecule has 1 aliphatic heterocycles. The third-order valence-corrected chi connectivity index (χ3v) is 6.07. The molecule has 1 saturated heterocycles. The first-order valence-electron chi connectivity index (χ1n) is 8.09. The fraction of sp³-hybridized carbons (Fsp3) is 0.812. The first-order valence-corrected chi connectivity index (χ1v) is 8.09. The summed E-state index contributed by atoms with van der Waals surface area (Å²) >= 11 is 0. The zero-order valence-corrected chi connectivity index (χ0v) is 13.9. The van der Waals surface area contributed by atoms with Crippen molar-refractivity contribution in [1.82, 2.24) is 19.9 Å². The molecule has 22 heavy (non-hydrogen) atoms. The van der Waals surface area contributed by atoms with Gasteiger partial charge >= 0.3 is 0 Å². The summed E-state index contributed by atoms with van der Waals surface area (Å²) in [6, 6.07) is 0.188. The second-order valence-corrected chi connectivity index (χ2v) is 7.79. The number of aliphatic hydroxyl groups is 1. The fourth-order valence-corrected chi connectivity index (χ4v) is 4.01. The molecule has 6 nitrogen and oxygen atoms in total.